The highest BCUT2D eigenvalue weighted by atomic mass is 32.1. The number of halogens is 1. The number of carboxylic acid groups (broad SMARTS) is 1. The third-order valence-corrected chi connectivity index (χ3v) is 3.65. The maximum atomic E-state index is 13.6. The first-order valence-corrected chi connectivity index (χ1v) is 6.54. The highest BCUT2D eigenvalue weighted by Gasteiger charge is 2.18. The number of thiazole rings is 1. The van der Waals surface area contributed by atoms with E-state index in [0.717, 1.165) is 4.80 Å². The van der Waals surface area contributed by atoms with Gasteiger partial charge in [0, 0.05) is 24.2 Å². The zero-order chi connectivity index (χ0) is 14.0. The van der Waals surface area contributed by atoms with Crippen molar-refractivity contribution in [3.8, 4) is 0 Å². The molecule has 1 heterocycles. The molecule has 0 saturated heterocycles. The lowest BCUT2D eigenvalue weighted by Crippen LogP contribution is -2.10. The molecule has 0 aliphatic carbocycles. The highest BCUT2D eigenvalue weighted by molar-refractivity contribution is 7.07. The second-order valence-electron chi connectivity index (χ2n) is 4.17. The van der Waals surface area contributed by atoms with E-state index in [9.17, 15) is 9.18 Å². The van der Waals surface area contributed by atoms with Crippen LogP contribution < -0.4 is 4.80 Å². The Bertz CT molecular complexity index is 675. The van der Waals surface area contributed by atoms with Gasteiger partial charge in [-0.2, -0.15) is 0 Å². The van der Waals surface area contributed by atoms with E-state index in [1.165, 1.54) is 36.5 Å². The maximum absolute atomic E-state index is 13.6. The van der Waals surface area contributed by atoms with Crippen molar-refractivity contribution in [2.75, 3.05) is 0 Å². The Morgan fingerprint density at radius 1 is 1.53 bits per heavy atom. The van der Waals surface area contributed by atoms with Crippen molar-refractivity contribution in [2.45, 2.75) is 12.8 Å². The number of aromatic nitrogens is 1. The normalized spacial score (nSPS) is 13.5. The summed E-state index contributed by atoms with van der Waals surface area (Å²) in [6.45, 7) is 1.45. The van der Waals surface area contributed by atoms with Gasteiger partial charge in [0.15, 0.2) is 4.80 Å². The molecule has 1 unspecified atom stereocenters. The number of nitrogens with zero attached hydrogens (tertiary/aromatic N) is 2. The quantitative estimate of drug-likeness (QED) is 0.939. The molecule has 0 spiro atoms. The first-order valence-electron chi connectivity index (χ1n) is 5.66. The van der Waals surface area contributed by atoms with Gasteiger partial charge in [0.25, 0.3) is 0 Å². The van der Waals surface area contributed by atoms with Gasteiger partial charge >= 0.3 is 5.97 Å². The average molecular weight is 280 g/mol. The van der Waals surface area contributed by atoms with E-state index >= 15 is 0 Å². The minimum atomic E-state index is -1.06. The van der Waals surface area contributed by atoms with Crippen LogP contribution in [0, 0.1) is 5.82 Å². The lowest BCUT2D eigenvalue weighted by molar-refractivity contribution is -0.138. The van der Waals surface area contributed by atoms with Crippen LogP contribution in [-0.4, -0.2) is 15.6 Å². The first kappa shape index (κ1) is 13.5. The van der Waals surface area contributed by atoms with Crippen LogP contribution in [0.1, 0.15) is 18.4 Å². The van der Waals surface area contributed by atoms with Gasteiger partial charge in [0.1, 0.15) is 5.82 Å². The van der Waals surface area contributed by atoms with Crippen molar-refractivity contribution in [2.24, 2.45) is 12.0 Å². The molecule has 0 bridgehead atoms. The topological polar surface area (TPSA) is 54.6 Å². The summed E-state index contributed by atoms with van der Waals surface area (Å²) >= 11 is 1.46. The van der Waals surface area contributed by atoms with Crippen LogP contribution in [0.3, 0.4) is 0 Å². The largest absolute Gasteiger partial charge is 0.481 e. The minimum Gasteiger partial charge on any atom is -0.481 e. The first-order chi connectivity index (χ1) is 8.99. The number of carbonyl (C=O) groups is 1. The Kier molecular flexibility index (Phi) is 3.80. The zero-order valence-corrected chi connectivity index (χ0v) is 11.3. The van der Waals surface area contributed by atoms with Crippen molar-refractivity contribution in [3.05, 3.63) is 46.0 Å². The molecule has 0 aliphatic heterocycles. The second kappa shape index (κ2) is 5.36. The summed E-state index contributed by atoms with van der Waals surface area (Å²) in [6, 6.07) is 4.27. The third kappa shape index (κ3) is 2.90. The Morgan fingerprint density at radius 3 is 2.84 bits per heavy atom. The van der Waals surface area contributed by atoms with E-state index in [0.29, 0.717) is 5.69 Å². The molecule has 100 valence electrons. The van der Waals surface area contributed by atoms with Gasteiger partial charge in [-0.15, -0.1) is 11.3 Å². The van der Waals surface area contributed by atoms with E-state index < -0.39 is 17.7 Å². The Hall–Kier alpha value is -1.95. The van der Waals surface area contributed by atoms with Crippen LogP contribution in [0.2, 0.25) is 0 Å². The molecule has 1 aromatic heterocycles. The van der Waals surface area contributed by atoms with Gasteiger partial charge in [-0.25, -0.2) is 9.38 Å². The minimum absolute atomic E-state index is 0.146. The van der Waals surface area contributed by atoms with Gasteiger partial charge < -0.3 is 9.67 Å². The summed E-state index contributed by atoms with van der Waals surface area (Å²) in [6.07, 6.45) is 1.87. The van der Waals surface area contributed by atoms with E-state index in [1.54, 1.807) is 0 Å². The molecule has 0 radical (unpaired) electrons. The van der Waals surface area contributed by atoms with Crippen LogP contribution in [0.15, 0.2) is 34.8 Å². The average Bonchev–Trinajstić information content (AvgIpc) is 2.76. The fourth-order valence-corrected chi connectivity index (χ4v) is 2.36. The molecular weight excluding hydrogens is 267 g/mol. The lowest BCUT2D eigenvalue weighted by atomic mass is 10.0. The molecule has 2 rings (SSSR count). The van der Waals surface area contributed by atoms with Crippen LogP contribution >= 0.6 is 11.3 Å². The number of rotatable bonds is 3. The molecule has 0 fully saturated rings. The zero-order valence-electron chi connectivity index (χ0n) is 10.5. The van der Waals surface area contributed by atoms with Crippen LogP contribution in [-0.2, 0) is 11.8 Å². The van der Waals surface area contributed by atoms with Crippen molar-refractivity contribution < 1.29 is 14.3 Å². The second-order valence-corrected chi connectivity index (χ2v) is 5.05. The summed E-state index contributed by atoms with van der Waals surface area (Å²) in [4.78, 5) is 16.1. The molecular formula is C13H13FN2O2S. The SMILES string of the molecule is CC(C(=O)O)c1cc(/N=c2\sccn2C)ccc1F. The van der Waals surface area contributed by atoms with Crippen molar-refractivity contribution in [3.63, 3.8) is 0 Å². The molecule has 1 N–H and O–H groups in total. The molecule has 19 heavy (non-hydrogen) atoms. The summed E-state index contributed by atoms with van der Waals surface area (Å²) in [7, 11) is 1.86. The predicted molar refractivity (Wildman–Crippen MR) is 71.0 cm³/mol. The van der Waals surface area contributed by atoms with E-state index in [4.69, 9.17) is 5.11 Å². The molecule has 2 aromatic rings. The molecule has 0 amide bonds. The Labute approximate surface area is 113 Å². The molecule has 0 saturated carbocycles. The van der Waals surface area contributed by atoms with Crippen molar-refractivity contribution >= 4 is 23.0 Å². The third-order valence-electron chi connectivity index (χ3n) is 2.80. The molecule has 4 nitrogen and oxygen atoms in total. The highest BCUT2D eigenvalue weighted by Crippen LogP contribution is 2.24. The van der Waals surface area contributed by atoms with Gasteiger partial charge in [0.2, 0.25) is 0 Å². The molecule has 6 heteroatoms. The molecule has 1 aromatic carbocycles. The van der Waals surface area contributed by atoms with Crippen LogP contribution in [0.5, 0.6) is 0 Å². The predicted octanol–water partition coefficient (Wildman–Crippen LogP) is 2.65. The number of benzene rings is 1. The van der Waals surface area contributed by atoms with E-state index in [2.05, 4.69) is 4.99 Å². The fraction of sp³-hybridized carbons (Fsp3) is 0.231. The summed E-state index contributed by atoms with van der Waals surface area (Å²) in [5, 5.41) is 10.8. The van der Waals surface area contributed by atoms with E-state index in [-0.39, 0.29) is 5.56 Å². The number of hydrogen-bond donors (Lipinski definition) is 1. The number of hydrogen-bond acceptors (Lipinski definition) is 3. The van der Waals surface area contributed by atoms with Crippen molar-refractivity contribution in [1.29, 1.82) is 0 Å². The Balaban J connectivity index is 2.48. The maximum Gasteiger partial charge on any atom is 0.310 e. The smallest absolute Gasteiger partial charge is 0.310 e. The standard InChI is InChI=1S/C13H13FN2O2S/c1-8(12(17)18)10-7-9(3-4-11(10)14)15-13-16(2)5-6-19-13/h3-8H,1-2H3,(H,17,18)/b15-13-. The van der Waals surface area contributed by atoms with Gasteiger partial charge in [-0.05, 0) is 25.1 Å². The summed E-state index contributed by atoms with van der Waals surface area (Å²) in [5.41, 5.74) is 0.690. The van der Waals surface area contributed by atoms with Gasteiger partial charge in [0.05, 0.1) is 11.6 Å². The fourth-order valence-electron chi connectivity index (χ4n) is 1.61. The molecule has 1 atom stereocenters. The number of aliphatic carboxylic acids is 1. The van der Waals surface area contributed by atoms with Gasteiger partial charge in [-0.3, -0.25) is 4.79 Å². The number of aryl methyl sites for hydroxylation is 1. The number of carboxylic acids is 1. The van der Waals surface area contributed by atoms with Crippen LogP contribution in [0.4, 0.5) is 10.1 Å². The monoisotopic (exact) mass is 280 g/mol. The lowest BCUT2D eigenvalue weighted by Gasteiger charge is -2.08. The van der Waals surface area contributed by atoms with Crippen molar-refractivity contribution in [1.82, 2.24) is 4.57 Å². The van der Waals surface area contributed by atoms with E-state index in [1.807, 2.05) is 23.2 Å². The van der Waals surface area contributed by atoms with Crippen LogP contribution in [0.25, 0.3) is 0 Å². The summed E-state index contributed by atoms with van der Waals surface area (Å²) in [5.74, 6) is -2.48. The van der Waals surface area contributed by atoms with Gasteiger partial charge in [-0.1, -0.05) is 0 Å². The Morgan fingerprint density at radius 2 is 2.26 bits per heavy atom. The summed E-state index contributed by atoms with van der Waals surface area (Å²) < 4.78 is 15.5. The molecule has 0 aliphatic rings.